The summed E-state index contributed by atoms with van der Waals surface area (Å²) in [5.74, 6) is 0. The van der Waals surface area contributed by atoms with Gasteiger partial charge in [-0.3, -0.25) is 0 Å². The first kappa shape index (κ1) is 11.5. The van der Waals surface area contributed by atoms with E-state index in [4.69, 9.17) is 25.5 Å². The predicted octanol–water partition coefficient (Wildman–Crippen LogP) is -3.38. The van der Waals surface area contributed by atoms with Crippen LogP contribution in [0.1, 0.15) is 0 Å². The third-order valence-electron chi connectivity index (χ3n) is 1.42. The highest BCUT2D eigenvalue weighted by molar-refractivity contribution is 5.56. The summed E-state index contributed by atoms with van der Waals surface area (Å²) in [5.41, 5.74) is 0. The summed E-state index contributed by atoms with van der Waals surface area (Å²) < 4.78 is 0. The molecule has 0 aromatic heterocycles. The molecule has 0 fully saturated rings. The second-order valence-corrected chi connectivity index (χ2v) is 2.36. The van der Waals surface area contributed by atoms with Crippen molar-refractivity contribution < 1.29 is 30.3 Å². The number of hydrogen-bond acceptors (Lipinski definition) is 6. The molecule has 4 atom stereocenters. The Morgan fingerprint density at radius 2 is 1.58 bits per heavy atom. The first-order valence-electron chi connectivity index (χ1n) is 3.33. The Labute approximate surface area is 68.7 Å². The SMILES string of the molecule is O=[13CH][C@H](O)[C@@H](O)[C@H](O)[C@H](O)[13CH2]O. The zero-order chi connectivity index (χ0) is 9.72. The molecule has 0 rings (SSSR count). The molecule has 6 heteroatoms. The zero-order valence-electron chi connectivity index (χ0n) is 6.24. The molecule has 0 aliphatic rings. The van der Waals surface area contributed by atoms with Gasteiger partial charge >= 0.3 is 0 Å². The van der Waals surface area contributed by atoms with Gasteiger partial charge in [0.05, 0.1) is 6.61 Å². The molecule has 0 aromatic rings. The summed E-state index contributed by atoms with van der Waals surface area (Å²) in [6.45, 7) is -0.760. The summed E-state index contributed by atoms with van der Waals surface area (Å²) in [5, 5.41) is 43.5. The van der Waals surface area contributed by atoms with Crippen molar-refractivity contribution in [1.82, 2.24) is 0 Å². The summed E-state index contributed by atoms with van der Waals surface area (Å²) in [4.78, 5) is 9.90. The van der Waals surface area contributed by atoms with Gasteiger partial charge in [0.25, 0.3) is 0 Å². The summed E-state index contributed by atoms with van der Waals surface area (Å²) in [6, 6.07) is 0. The van der Waals surface area contributed by atoms with Crippen molar-refractivity contribution in [3.05, 3.63) is 0 Å². The van der Waals surface area contributed by atoms with Gasteiger partial charge in [0.2, 0.25) is 0 Å². The van der Waals surface area contributed by atoms with Crippen LogP contribution in [0.3, 0.4) is 0 Å². The molecular weight excluding hydrogens is 170 g/mol. The van der Waals surface area contributed by atoms with Gasteiger partial charge in [-0.25, -0.2) is 0 Å². The van der Waals surface area contributed by atoms with E-state index in [0.29, 0.717) is 0 Å². The zero-order valence-corrected chi connectivity index (χ0v) is 6.24. The molecule has 0 aliphatic heterocycles. The standard InChI is InChI=1S/C6H12O6/c7-1-3(9)5(11)6(12)4(10)2-8/h1,3-6,8-12H,2H2/t3-,4+,5+,6+/m0/s1/i1+1,2+1. The van der Waals surface area contributed by atoms with Crippen molar-refractivity contribution >= 4 is 6.29 Å². The van der Waals surface area contributed by atoms with E-state index in [1.807, 2.05) is 0 Å². The van der Waals surface area contributed by atoms with Gasteiger partial charge in [-0.15, -0.1) is 0 Å². The molecule has 0 saturated carbocycles. The van der Waals surface area contributed by atoms with Gasteiger partial charge in [-0.1, -0.05) is 0 Å². The Balaban J connectivity index is 4.07. The summed E-state index contributed by atoms with van der Waals surface area (Å²) in [7, 11) is 0. The number of aliphatic hydroxyl groups excluding tert-OH is 5. The lowest BCUT2D eigenvalue weighted by molar-refractivity contribution is -0.136. The molecule has 12 heavy (non-hydrogen) atoms. The van der Waals surface area contributed by atoms with Crippen LogP contribution < -0.4 is 0 Å². The predicted molar refractivity (Wildman–Crippen MR) is 37.2 cm³/mol. The third-order valence-corrected chi connectivity index (χ3v) is 1.42. The number of aldehydes is 1. The second-order valence-electron chi connectivity index (χ2n) is 2.36. The summed E-state index contributed by atoms with van der Waals surface area (Å²) >= 11 is 0. The molecule has 0 spiro atoms. The third kappa shape index (κ3) is 2.84. The quantitative estimate of drug-likeness (QED) is 0.223. The topological polar surface area (TPSA) is 118 Å². The van der Waals surface area contributed by atoms with E-state index in [-0.39, 0.29) is 6.29 Å². The average Bonchev–Trinajstić information content (AvgIpc) is 2.12. The largest absolute Gasteiger partial charge is 0.394 e. The monoisotopic (exact) mass is 182 g/mol. The van der Waals surface area contributed by atoms with Crippen molar-refractivity contribution in [2.45, 2.75) is 24.4 Å². The Kier molecular flexibility index (Phi) is 4.95. The van der Waals surface area contributed by atoms with Crippen LogP contribution in [-0.2, 0) is 4.79 Å². The maximum Gasteiger partial charge on any atom is 0.151 e. The molecular formula is C6H12O6. The van der Waals surface area contributed by atoms with Crippen LogP contribution in [0.4, 0.5) is 0 Å². The number of hydrogen-bond donors (Lipinski definition) is 5. The van der Waals surface area contributed by atoms with E-state index in [1.54, 1.807) is 0 Å². The van der Waals surface area contributed by atoms with Crippen molar-refractivity contribution in [2.24, 2.45) is 0 Å². The van der Waals surface area contributed by atoms with Crippen LogP contribution in [-0.4, -0.2) is 62.8 Å². The first-order valence-corrected chi connectivity index (χ1v) is 3.33. The molecule has 0 aromatic carbocycles. The van der Waals surface area contributed by atoms with Gasteiger partial charge in [-0.2, -0.15) is 0 Å². The molecule has 72 valence electrons. The average molecular weight is 182 g/mol. The van der Waals surface area contributed by atoms with Crippen molar-refractivity contribution in [3.63, 3.8) is 0 Å². The number of carbonyl (C=O) groups excluding carboxylic acids is 1. The lowest BCUT2D eigenvalue weighted by Gasteiger charge is -2.22. The highest BCUT2D eigenvalue weighted by Gasteiger charge is 2.29. The first-order chi connectivity index (χ1) is 5.54. The highest BCUT2D eigenvalue weighted by Crippen LogP contribution is 2.02. The van der Waals surface area contributed by atoms with Crippen LogP contribution in [0, 0.1) is 0 Å². The number of aliphatic hydroxyl groups is 5. The summed E-state index contributed by atoms with van der Waals surface area (Å²) in [6.07, 6.45) is -6.84. The molecule has 5 N–H and O–H groups in total. The van der Waals surface area contributed by atoms with Gasteiger partial charge < -0.3 is 30.3 Å². The maximum atomic E-state index is 9.90. The van der Waals surface area contributed by atoms with E-state index in [2.05, 4.69) is 0 Å². The minimum Gasteiger partial charge on any atom is -0.394 e. The second kappa shape index (κ2) is 5.18. The van der Waals surface area contributed by atoms with Crippen molar-refractivity contribution in [1.29, 1.82) is 0 Å². The molecule has 0 aliphatic carbocycles. The Hall–Kier alpha value is -0.530. The Bertz CT molecular complexity index is 138. The van der Waals surface area contributed by atoms with E-state index in [9.17, 15) is 4.79 Å². The number of carbonyl (C=O) groups is 1. The minimum atomic E-state index is -1.79. The van der Waals surface area contributed by atoms with Crippen LogP contribution in [0.5, 0.6) is 0 Å². The van der Waals surface area contributed by atoms with Gasteiger partial charge in [0.1, 0.15) is 24.4 Å². The van der Waals surface area contributed by atoms with Crippen LogP contribution in [0.15, 0.2) is 0 Å². The Morgan fingerprint density at radius 3 is 1.92 bits per heavy atom. The van der Waals surface area contributed by atoms with Crippen LogP contribution >= 0.6 is 0 Å². The number of rotatable bonds is 5. The van der Waals surface area contributed by atoms with E-state index in [1.165, 1.54) is 0 Å². The van der Waals surface area contributed by atoms with Crippen molar-refractivity contribution in [3.8, 4) is 0 Å². The fraction of sp³-hybridized carbons (Fsp3) is 0.833. The molecule has 0 amide bonds. The van der Waals surface area contributed by atoms with E-state index >= 15 is 0 Å². The van der Waals surface area contributed by atoms with Crippen LogP contribution in [0.2, 0.25) is 0 Å². The fourth-order valence-electron chi connectivity index (χ4n) is 0.618. The lowest BCUT2D eigenvalue weighted by Crippen LogP contribution is -2.46. The van der Waals surface area contributed by atoms with Crippen LogP contribution in [0.25, 0.3) is 0 Å². The van der Waals surface area contributed by atoms with Gasteiger partial charge in [-0.05, 0) is 0 Å². The molecule has 6 nitrogen and oxygen atoms in total. The molecule has 0 heterocycles. The maximum absolute atomic E-state index is 9.90. The van der Waals surface area contributed by atoms with Gasteiger partial charge in [0, 0.05) is 0 Å². The molecule has 0 saturated heterocycles. The van der Waals surface area contributed by atoms with E-state index in [0.717, 1.165) is 0 Å². The minimum absolute atomic E-state index is 0.0258. The molecule has 0 radical (unpaired) electrons. The molecule has 0 bridgehead atoms. The van der Waals surface area contributed by atoms with E-state index < -0.39 is 31.0 Å². The molecule has 0 unspecified atom stereocenters. The fourth-order valence-corrected chi connectivity index (χ4v) is 0.618. The van der Waals surface area contributed by atoms with Crippen molar-refractivity contribution in [2.75, 3.05) is 6.61 Å². The smallest absolute Gasteiger partial charge is 0.151 e. The lowest BCUT2D eigenvalue weighted by atomic mass is 10.1. The highest BCUT2D eigenvalue weighted by atomic mass is 16.4. The van der Waals surface area contributed by atoms with Gasteiger partial charge in [0.15, 0.2) is 6.29 Å². The normalized spacial score (nSPS) is 21.1. The Morgan fingerprint density at radius 1 is 1.08 bits per heavy atom.